The van der Waals surface area contributed by atoms with Crippen LogP contribution in [-0.4, -0.2) is 11.1 Å². The highest BCUT2D eigenvalue weighted by atomic mass is 16.6. The van der Waals surface area contributed by atoms with Crippen molar-refractivity contribution < 1.29 is 10.0 Å². The van der Waals surface area contributed by atoms with E-state index in [1.54, 1.807) is 5.01 Å². The van der Waals surface area contributed by atoms with Crippen LogP contribution in [0.1, 0.15) is 5.56 Å². The molecule has 0 saturated carbocycles. The summed E-state index contributed by atoms with van der Waals surface area (Å²) >= 11 is 0. The van der Waals surface area contributed by atoms with E-state index < -0.39 is 16.4 Å². The van der Waals surface area contributed by atoms with E-state index in [0.717, 1.165) is 11.4 Å². The Morgan fingerprint density at radius 3 is 1.96 bits per heavy atom. The molecule has 0 radical (unpaired) electrons. The topological polar surface area (TPSA) is 81.8 Å². The fourth-order valence-corrected chi connectivity index (χ4v) is 2.30. The van der Waals surface area contributed by atoms with Crippen molar-refractivity contribution in [2.75, 3.05) is 5.01 Å². The summed E-state index contributed by atoms with van der Waals surface area (Å²) in [5, 5.41) is 28.6. The van der Waals surface area contributed by atoms with Crippen LogP contribution >= 0.6 is 0 Å². The molecular formula is C19H14N3O3-. The summed E-state index contributed by atoms with van der Waals surface area (Å²) in [6.07, 6.45) is 1.49. The minimum absolute atomic E-state index is 0.463. The van der Waals surface area contributed by atoms with Crippen LogP contribution < -0.4 is 10.1 Å². The molecule has 0 aliphatic heterocycles. The van der Waals surface area contributed by atoms with Gasteiger partial charge in [-0.3, -0.25) is 10.1 Å². The highest BCUT2D eigenvalue weighted by Crippen LogP contribution is 2.26. The van der Waals surface area contributed by atoms with Crippen LogP contribution in [0.4, 0.5) is 17.1 Å². The number of anilines is 2. The predicted molar refractivity (Wildman–Crippen MR) is 95.2 cm³/mol. The second kappa shape index (κ2) is 7.27. The molecule has 0 unspecified atom stereocenters. The molecule has 6 nitrogen and oxygen atoms in total. The molecule has 0 aromatic heterocycles. The van der Waals surface area contributed by atoms with Crippen LogP contribution in [0.3, 0.4) is 0 Å². The van der Waals surface area contributed by atoms with E-state index in [4.69, 9.17) is 0 Å². The summed E-state index contributed by atoms with van der Waals surface area (Å²) < 4.78 is 0. The van der Waals surface area contributed by atoms with Gasteiger partial charge in [-0.25, -0.2) is 5.01 Å². The highest BCUT2D eigenvalue weighted by molar-refractivity contribution is 5.83. The minimum Gasteiger partial charge on any atom is -0.868 e. The van der Waals surface area contributed by atoms with Gasteiger partial charge in [-0.05, 0) is 30.0 Å². The van der Waals surface area contributed by atoms with Crippen LogP contribution in [-0.2, 0) is 0 Å². The minimum atomic E-state index is -0.689. The number of nitro benzene ring substituents is 1. The quantitative estimate of drug-likeness (QED) is 0.404. The Morgan fingerprint density at radius 1 is 0.880 bits per heavy atom. The Hall–Kier alpha value is -3.67. The molecule has 0 spiro atoms. The van der Waals surface area contributed by atoms with Gasteiger partial charge >= 0.3 is 0 Å². The SMILES string of the molecule is O=[N+]([O-])c1cc(/C=N\N(c2ccccc2)c2ccccc2)ccc1[O-]. The Bertz CT molecular complexity index is 857. The first-order valence-electron chi connectivity index (χ1n) is 7.55. The Morgan fingerprint density at radius 2 is 1.44 bits per heavy atom. The lowest BCUT2D eigenvalue weighted by atomic mass is 10.2. The fraction of sp³-hybridized carbons (Fsp3) is 0. The number of hydrogen-bond donors (Lipinski definition) is 0. The molecule has 0 aliphatic rings. The van der Waals surface area contributed by atoms with E-state index in [9.17, 15) is 15.2 Å². The molecule has 124 valence electrons. The molecule has 0 N–H and O–H groups in total. The van der Waals surface area contributed by atoms with E-state index in [1.165, 1.54) is 24.4 Å². The Labute approximate surface area is 144 Å². The van der Waals surface area contributed by atoms with Crippen molar-refractivity contribution in [3.05, 3.63) is 94.5 Å². The Kier molecular flexibility index (Phi) is 4.71. The molecule has 6 heteroatoms. The Balaban J connectivity index is 1.97. The van der Waals surface area contributed by atoms with E-state index in [1.807, 2.05) is 60.7 Å². The van der Waals surface area contributed by atoms with Gasteiger partial charge in [0.2, 0.25) is 0 Å². The van der Waals surface area contributed by atoms with E-state index in [-0.39, 0.29) is 0 Å². The van der Waals surface area contributed by atoms with Crippen molar-refractivity contribution in [1.29, 1.82) is 0 Å². The lowest BCUT2D eigenvalue weighted by Gasteiger charge is -2.19. The number of nitrogens with zero attached hydrogens (tertiary/aromatic N) is 3. The zero-order valence-electron chi connectivity index (χ0n) is 13.1. The largest absolute Gasteiger partial charge is 0.868 e. The summed E-state index contributed by atoms with van der Waals surface area (Å²) in [5.74, 6) is -0.620. The first-order valence-corrected chi connectivity index (χ1v) is 7.55. The predicted octanol–water partition coefficient (Wildman–Crippen LogP) is 3.84. The summed E-state index contributed by atoms with van der Waals surface area (Å²) in [7, 11) is 0. The van der Waals surface area contributed by atoms with Crippen molar-refractivity contribution in [3.63, 3.8) is 0 Å². The average Bonchev–Trinajstić information content (AvgIpc) is 2.65. The summed E-state index contributed by atoms with van der Waals surface area (Å²) in [6, 6.07) is 23.0. The van der Waals surface area contributed by atoms with Crippen LogP contribution in [0.2, 0.25) is 0 Å². The van der Waals surface area contributed by atoms with Crippen LogP contribution in [0.15, 0.2) is 84.0 Å². The smallest absolute Gasteiger partial charge is 0.262 e. The zero-order chi connectivity index (χ0) is 17.6. The van der Waals surface area contributed by atoms with Crippen molar-refractivity contribution in [2.24, 2.45) is 5.10 Å². The van der Waals surface area contributed by atoms with Gasteiger partial charge in [-0.15, -0.1) is 0 Å². The molecule has 0 amide bonds. The van der Waals surface area contributed by atoms with Crippen molar-refractivity contribution in [3.8, 4) is 5.75 Å². The third kappa shape index (κ3) is 3.81. The maximum atomic E-state index is 11.5. The molecular weight excluding hydrogens is 318 g/mol. The molecule has 25 heavy (non-hydrogen) atoms. The molecule has 3 aromatic carbocycles. The van der Waals surface area contributed by atoms with Gasteiger partial charge in [0.15, 0.2) is 0 Å². The number of hydrogen-bond acceptors (Lipinski definition) is 5. The van der Waals surface area contributed by atoms with Gasteiger partial charge in [0.25, 0.3) is 5.69 Å². The lowest BCUT2D eigenvalue weighted by Crippen LogP contribution is -2.09. The van der Waals surface area contributed by atoms with Gasteiger partial charge in [0, 0.05) is 11.6 Å². The molecule has 0 fully saturated rings. The summed E-state index contributed by atoms with van der Waals surface area (Å²) in [6.45, 7) is 0. The maximum absolute atomic E-state index is 11.5. The number of benzene rings is 3. The van der Waals surface area contributed by atoms with Gasteiger partial charge in [-0.1, -0.05) is 48.5 Å². The summed E-state index contributed by atoms with van der Waals surface area (Å²) in [5.41, 5.74) is 1.71. The van der Waals surface area contributed by atoms with Crippen LogP contribution in [0.25, 0.3) is 0 Å². The average molecular weight is 332 g/mol. The second-order valence-electron chi connectivity index (χ2n) is 5.21. The zero-order valence-corrected chi connectivity index (χ0v) is 13.1. The molecule has 0 heterocycles. The first kappa shape index (κ1) is 16.2. The molecule has 0 saturated heterocycles. The molecule has 3 aromatic rings. The third-order valence-electron chi connectivity index (χ3n) is 3.50. The number of hydrazone groups is 1. The number of nitro groups is 1. The second-order valence-corrected chi connectivity index (χ2v) is 5.21. The van der Waals surface area contributed by atoms with E-state index >= 15 is 0 Å². The fourth-order valence-electron chi connectivity index (χ4n) is 2.30. The monoisotopic (exact) mass is 332 g/mol. The molecule has 0 aliphatic carbocycles. The van der Waals surface area contributed by atoms with E-state index in [0.29, 0.717) is 5.56 Å². The number of para-hydroxylation sites is 2. The van der Waals surface area contributed by atoms with Crippen LogP contribution in [0, 0.1) is 10.1 Å². The van der Waals surface area contributed by atoms with Gasteiger partial charge in [-0.2, -0.15) is 5.10 Å². The normalized spacial score (nSPS) is 10.7. The van der Waals surface area contributed by atoms with Crippen molar-refractivity contribution in [2.45, 2.75) is 0 Å². The van der Waals surface area contributed by atoms with E-state index in [2.05, 4.69) is 5.10 Å². The summed E-state index contributed by atoms with van der Waals surface area (Å²) in [4.78, 5) is 10.2. The van der Waals surface area contributed by atoms with Gasteiger partial charge in [0.1, 0.15) is 0 Å². The number of rotatable bonds is 5. The first-order chi connectivity index (χ1) is 12.1. The standard InChI is InChI=1S/C19H15N3O3/c23-19-12-11-15(13-18(19)22(24)25)14-20-21(16-7-3-1-4-8-16)17-9-5-2-6-10-17/h1-14,23H/p-1/b20-14-. The van der Waals surface area contributed by atoms with Gasteiger partial charge < -0.3 is 5.11 Å². The van der Waals surface area contributed by atoms with Crippen LogP contribution in [0.5, 0.6) is 5.75 Å². The van der Waals surface area contributed by atoms with Crippen molar-refractivity contribution in [1.82, 2.24) is 0 Å². The molecule has 0 bridgehead atoms. The molecule has 3 rings (SSSR count). The highest BCUT2D eigenvalue weighted by Gasteiger charge is 2.09. The van der Waals surface area contributed by atoms with Crippen molar-refractivity contribution >= 4 is 23.3 Å². The van der Waals surface area contributed by atoms with Gasteiger partial charge in [0.05, 0.1) is 22.5 Å². The maximum Gasteiger partial charge on any atom is 0.262 e. The molecule has 0 atom stereocenters. The lowest BCUT2D eigenvalue weighted by molar-refractivity contribution is -0.398. The third-order valence-corrected chi connectivity index (χ3v) is 3.50.